The standard InChI is InChI=1S/C14H24N2O2/c1-4-13-11(5-6-17-13)14-12(16-9-18-14)8-15-7-10(2)3/h9-11,13,15H,4-8H2,1-3H3. The van der Waals surface area contributed by atoms with Crippen LogP contribution in [-0.4, -0.2) is 24.2 Å². The third kappa shape index (κ3) is 3.12. The number of nitrogens with one attached hydrogen (secondary N) is 1. The van der Waals surface area contributed by atoms with Crippen molar-refractivity contribution in [1.82, 2.24) is 10.3 Å². The maximum absolute atomic E-state index is 5.73. The minimum Gasteiger partial charge on any atom is -0.448 e. The van der Waals surface area contributed by atoms with E-state index in [9.17, 15) is 0 Å². The summed E-state index contributed by atoms with van der Waals surface area (Å²) in [5.41, 5.74) is 1.05. The summed E-state index contributed by atoms with van der Waals surface area (Å²) in [7, 11) is 0. The van der Waals surface area contributed by atoms with Crippen molar-refractivity contribution in [3.8, 4) is 0 Å². The monoisotopic (exact) mass is 252 g/mol. The molecule has 18 heavy (non-hydrogen) atoms. The fourth-order valence-corrected chi connectivity index (χ4v) is 2.54. The van der Waals surface area contributed by atoms with E-state index >= 15 is 0 Å². The van der Waals surface area contributed by atoms with E-state index in [1.54, 1.807) is 6.39 Å². The molecule has 1 aromatic heterocycles. The Morgan fingerprint density at radius 2 is 2.33 bits per heavy atom. The van der Waals surface area contributed by atoms with E-state index in [0.717, 1.165) is 44.0 Å². The second-order valence-corrected chi connectivity index (χ2v) is 5.40. The highest BCUT2D eigenvalue weighted by atomic mass is 16.5. The summed E-state index contributed by atoms with van der Waals surface area (Å²) < 4.78 is 11.3. The van der Waals surface area contributed by atoms with Gasteiger partial charge < -0.3 is 14.5 Å². The Bertz CT molecular complexity index is 362. The van der Waals surface area contributed by atoms with Crippen molar-refractivity contribution in [2.75, 3.05) is 13.2 Å². The van der Waals surface area contributed by atoms with Crippen LogP contribution >= 0.6 is 0 Å². The SMILES string of the molecule is CCC1OCCC1c1ocnc1CNCC(C)C. The highest BCUT2D eigenvalue weighted by Crippen LogP contribution is 2.34. The molecule has 4 heteroatoms. The minimum absolute atomic E-state index is 0.293. The summed E-state index contributed by atoms with van der Waals surface area (Å²) >= 11 is 0. The van der Waals surface area contributed by atoms with E-state index in [-0.39, 0.29) is 0 Å². The summed E-state index contributed by atoms with van der Waals surface area (Å²) in [6.07, 6.45) is 3.93. The highest BCUT2D eigenvalue weighted by Gasteiger charge is 2.32. The largest absolute Gasteiger partial charge is 0.448 e. The van der Waals surface area contributed by atoms with Crippen molar-refractivity contribution >= 4 is 0 Å². The molecule has 1 fully saturated rings. The van der Waals surface area contributed by atoms with Crippen LogP contribution in [0, 0.1) is 5.92 Å². The molecule has 0 aromatic carbocycles. The van der Waals surface area contributed by atoms with Gasteiger partial charge in [0.15, 0.2) is 6.39 Å². The maximum Gasteiger partial charge on any atom is 0.181 e. The molecule has 0 spiro atoms. The first-order valence-corrected chi connectivity index (χ1v) is 6.97. The minimum atomic E-state index is 0.293. The van der Waals surface area contributed by atoms with Gasteiger partial charge in [-0.1, -0.05) is 20.8 Å². The average molecular weight is 252 g/mol. The van der Waals surface area contributed by atoms with Crippen molar-refractivity contribution in [3.63, 3.8) is 0 Å². The molecule has 2 unspecified atom stereocenters. The van der Waals surface area contributed by atoms with Crippen LogP contribution < -0.4 is 5.32 Å². The number of hydrogen-bond donors (Lipinski definition) is 1. The van der Waals surface area contributed by atoms with E-state index in [2.05, 4.69) is 31.1 Å². The number of ether oxygens (including phenoxy) is 1. The van der Waals surface area contributed by atoms with Gasteiger partial charge in [0.25, 0.3) is 0 Å². The zero-order chi connectivity index (χ0) is 13.0. The van der Waals surface area contributed by atoms with Crippen LogP contribution in [0.4, 0.5) is 0 Å². The zero-order valence-corrected chi connectivity index (χ0v) is 11.6. The number of aromatic nitrogens is 1. The normalized spacial score (nSPS) is 24.0. The van der Waals surface area contributed by atoms with Crippen LogP contribution in [0.1, 0.15) is 51.0 Å². The molecule has 0 aliphatic carbocycles. The van der Waals surface area contributed by atoms with E-state index in [1.807, 2.05) is 0 Å². The van der Waals surface area contributed by atoms with Crippen molar-refractivity contribution in [3.05, 3.63) is 17.8 Å². The maximum atomic E-state index is 5.73. The van der Waals surface area contributed by atoms with E-state index in [0.29, 0.717) is 17.9 Å². The molecule has 2 atom stereocenters. The first-order valence-electron chi connectivity index (χ1n) is 6.97. The van der Waals surface area contributed by atoms with E-state index in [1.165, 1.54) is 0 Å². The van der Waals surface area contributed by atoms with Crippen LogP contribution in [-0.2, 0) is 11.3 Å². The van der Waals surface area contributed by atoms with Gasteiger partial charge in [-0.15, -0.1) is 0 Å². The van der Waals surface area contributed by atoms with Crippen molar-refractivity contribution in [1.29, 1.82) is 0 Å². The molecule has 0 amide bonds. The third-order valence-corrected chi connectivity index (χ3v) is 3.47. The predicted octanol–water partition coefficient (Wildman–Crippen LogP) is 2.70. The smallest absolute Gasteiger partial charge is 0.181 e. The number of oxazole rings is 1. The van der Waals surface area contributed by atoms with Gasteiger partial charge in [-0.05, 0) is 25.3 Å². The topological polar surface area (TPSA) is 47.3 Å². The van der Waals surface area contributed by atoms with Gasteiger partial charge in [-0.3, -0.25) is 0 Å². The molecular weight excluding hydrogens is 228 g/mol. The van der Waals surface area contributed by atoms with Crippen LogP contribution in [0.25, 0.3) is 0 Å². The number of hydrogen-bond acceptors (Lipinski definition) is 4. The molecule has 0 bridgehead atoms. The van der Waals surface area contributed by atoms with Crippen molar-refractivity contribution < 1.29 is 9.15 Å². The summed E-state index contributed by atoms with van der Waals surface area (Å²) in [4.78, 5) is 4.34. The molecule has 4 nitrogen and oxygen atoms in total. The van der Waals surface area contributed by atoms with E-state index < -0.39 is 0 Å². The number of nitrogens with zero attached hydrogens (tertiary/aromatic N) is 1. The Labute approximate surface area is 109 Å². The zero-order valence-electron chi connectivity index (χ0n) is 11.6. The fraction of sp³-hybridized carbons (Fsp3) is 0.786. The highest BCUT2D eigenvalue weighted by molar-refractivity contribution is 5.15. The van der Waals surface area contributed by atoms with Crippen LogP contribution in [0.15, 0.2) is 10.8 Å². The second kappa shape index (κ2) is 6.34. The Morgan fingerprint density at radius 3 is 3.06 bits per heavy atom. The van der Waals surface area contributed by atoms with Gasteiger partial charge in [0.2, 0.25) is 0 Å². The van der Waals surface area contributed by atoms with Gasteiger partial charge in [-0.25, -0.2) is 4.98 Å². The summed E-state index contributed by atoms with van der Waals surface area (Å²) in [5.74, 6) is 2.06. The van der Waals surface area contributed by atoms with Crippen molar-refractivity contribution in [2.24, 2.45) is 5.92 Å². The molecular formula is C14H24N2O2. The van der Waals surface area contributed by atoms with Crippen LogP contribution in [0.2, 0.25) is 0 Å². The summed E-state index contributed by atoms with van der Waals surface area (Å²) in [5, 5.41) is 3.42. The first-order chi connectivity index (χ1) is 8.72. The van der Waals surface area contributed by atoms with Gasteiger partial charge in [0.1, 0.15) is 5.76 Å². The van der Waals surface area contributed by atoms with Crippen LogP contribution in [0.3, 0.4) is 0 Å². The summed E-state index contributed by atoms with van der Waals surface area (Å²) in [6, 6.07) is 0. The lowest BCUT2D eigenvalue weighted by Gasteiger charge is -2.15. The lowest BCUT2D eigenvalue weighted by Crippen LogP contribution is -2.21. The molecule has 1 saturated heterocycles. The molecule has 0 radical (unpaired) electrons. The molecule has 1 aliphatic heterocycles. The Balaban J connectivity index is 1.98. The quantitative estimate of drug-likeness (QED) is 0.845. The molecule has 1 aliphatic rings. The fourth-order valence-electron chi connectivity index (χ4n) is 2.54. The first kappa shape index (κ1) is 13.6. The predicted molar refractivity (Wildman–Crippen MR) is 70.4 cm³/mol. The molecule has 2 rings (SSSR count). The van der Waals surface area contributed by atoms with Gasteiger partial charge >= 0.3 is 0 Å². The average Bonchev–Trinajstić information content (AvgIpc) is 2.95. The summed E-state index contributed by atoms with van der Waals surface area (Å²) in [6.45, 7) is 9.20. The Kier molecular flexibility index (Phi) is 4.78. The third-order valence-electron chi connectivity index (χ3n) is 3.47. The molecule has 1 N–H and O–H groups in total. The Morgan fingerprint density at radius 1 is 1.50 bits per heavy atom. The molecule has 102 valence electrons. The lowest BCUT2D eigenvalue weighted by molar-refractivity contribution is 0.0971. The number of rotatable bonds is 6. The second-order valence-electron chi connectivity index (χ2n) is 5.40. The van der Waals surface area contributed by atoms with Crippen LogP contribution in [0.5, 0.6) is 0 Å². The van der Waals surface area contributed by atoms with E-state index in [4.69, 9.17) is 9.15 Å². The van der Waals surface area contributed by atoms with Gasteiger partial charge in [-0.2, -0.15) is 0 Å². The molecule has 2 heterocycles. The van der Waals surface area contributed by atoms with Crippen molar-refractivity contribution in [2.45, 2.75) is 52.2 Å². The van der Waals surface area contributed by atoms with Gasteiger partial charge in [0.05, 0.1) is 11.8 Å². The molecule has 1 aromatic rings. The molecule has 0 saturated carbocycles. The lowest BCUT2D eigenvalue weighted by atomic mass is 9.95. The Hall–Kier alpha value is -0.870. The van der Waals surface area contributed by atoms with Gasteiger partial charge in [0, 0.05) is 19.1 Å².